The molecule has 0 unspecified atom stereocenters. The van der Waals surface area contributed by atoms with Crippen LogP contribution in [0.1, 0.15) is 12.7 Å². The van der Waals surface area contributed by atoms with Crippen molar-refractivity contribution in [3.8, 4) is 5.75 Å². The van der Waals surface area contributed by atoms with Crippen molar-refractivity contribution in [2.75, 3.05) is 0 Å². The number of para-hydroxylation sites is 1. The highest BCUT2D eigenvalue weighted by molar-refractivity contribution is 5.46. The topological polar surface area (TPSA) is 113 Å². The van der Waals surface area contributed by atoms with Crippen molar-refractivity contribution < 1.29 is 19.0 Å². The molecule has 9 nitrogen and oxygen atoms in total. The fourth-order valence-electron chi connectivity index (χ4n) is 1.93. The minimum absolute atomic E-state index is 0.173. The van der Waals surface area contributed by atoms with Gasteiger partial charge in [0.05, 0.1) is 11.5 Å². The number of nitro benzene ring substituents is 1. The van der Waals surface area contributed by atoms with Crippen LogP contribution in [0.25, 0.3) is 0 Å². The number of imidazole rings is 1. The van der Waals surface area contributed by atoms with Crippen LogP contribution in [0.15, 0.2) is 24.4 Å². The Morgan fingerprint density at radius 2 is 2.05 bits per heavy atom. The molecule has 0 N–H and O–H groups in total. The number of halogens is 1. The van der Waals surface area contributed by atoms with Gasteiger partial charge in [-0.15, -0.1) is 0 Å². The van der Waals surface area contributed by atoms with Crippen LogP contribution in [0, 0.1) is 26.0 Å². The maximum atomic E-state index is 13.7. The van der Waals surface area contributed by atoms with Gasteiger partial charge in [-0.3, -0.25) is 10.1 Å². The predicted molar refractivity (Wildman–Crippen MR) is 71.9 cm³/mol. The molecule has 0 spiro atoms. The van der Waals surface area contributed by atoms with Crippen molar-refractivity contribution in [2.24, 2.45) is 0 Å². The van der Waals surface area contributed by atoms with Gasteiger partial charge in [-0.25, -0.2) is 13.9 Å². The molecule has 0 amide bonds. The summed E-state index contributed by atoms with van der Waals surface area (Å²) in [5.41, 5.74) is -0.524. The van der Waals surface area contributed by atoms with Gasteiger partial charge in [0.1, 0.15) is 6.20 Å². The van der Waals surface area contributed by atoms with E-state index in [9.17, 15) is 24.6 Å². The lowest BCUT2D eigenvalue weighted by atomic mass is 10.3. The largest absolute Gasteiger partial charge is 0.474 e. The van der Waals surface area contributed by atoms with E-state index in [1.165, 1.54) is 10.6 Å². The second-order valence-electron chi connectivity index (χ2n) is 4.17. The Hall–Kier alpha value is -3.04. The van der Waals surface area contributed by atoms with Gasteiger partial charge >= 0.3 is 11.5 Å². The average Bonchev–Trinajstić information content (AvgIpc) is 2.88. The quantitative estimate of drug-likeness (QED) is 0.598. The highest BCUT2D eigenvalue weighted by atomic mass is 19.1. The number of nitrogens with zero attached hydrogens (tertiary/aromatic N) is 4. The number of hydrogen-bond acceptors (Lipinski definition) is 6. The standard InChI is InChI=1S/C12H11FN4O5/c1-2-15-10(14-6-11(15)17(20)21)7-22-12-8(13)4-3-5-9(12)16(18)19/h3-6H,2,7H2,1H3. The fourth-order valence-corrected chi connectivity index (χ4v) is 1.93. The molecular weight excluding hydrogens is 299 g/mol. The van der Waals surface area contributed by atoms with Crippen molar-refractivity contribution >= 4 is 11.5 Å². The molecule has 1 aromatic carbocycles. The van der Waals surface area contributed by atoms with E-state index in [0.717, 1.165) is 18.3 Å². The second kappa shape index (κ2) is 6.16. The predicted octanol–water partition coefficient (Wildman–Crippen LogP) is 2.44. The number of nitro groups is 2. The number of aromatic nitrogens is 2. The van der Waals surface area contributed by atoms with E-state index in [4.69, 9.17) is 4.74 Å². The normalized spacial score (nSPS) is 10.5. The van der Waals surface area contributed by atoms with Crippen molar-refractivity contribution in [3.63, 3.8) is 0 Å². The second-order valence-corrected chi connectivity index (χ2v) is 4.17. The molecule has 0 atom stereocenters. The summed E-state index contributed by atoms with van der Waals surface area (Å²) < 4.78 is 20.1. The van der Waals surface area contributed by atoms with Gasteiger partial charge in [-0.05, 0) is 17.9 Å². The number of hydrogen-bond donors (Lipinski definition) is 0. The van der Waals surface area contributed by atoms with Crippen LogP contribution in [0.3, 0.4) is 0 Å². The van der Waals surface area contributed by atoms with Crippen LogP contribution in [-0.2, 0) is 13.2 Å². The van der Waals surface area contributed by atoms with E-state index in [-0.39, 0.29) is 24.8 Å². The summed E-state index contributed by atoms with van der Waals surface area (Å²) in [7, 11) is 0. The van der Waals surface area contributed by atoms with Gasteiger partial charge in [0, 0.05) is 6.07 Å². The van der Waals surface area contributed by atoms with Crippen LogP contribution in [0.5, 0.6) is 5.75 Å². The minimum Gasteiger partial charge on any atom is -0.474 e. The van der Waals surface area contributed by atoms with Crippen LogP contribution in [0.4, 0.5) is 15.9 Å². The number of rotatable bonds is 6. The summed E-state index contributed by atoms with van der Waals surface area (Å²) >= 11 is 0. The lowest BCUT2D eigenvalue weighted by Crippen LogP contribution is -2.09. The third kappa shape index (κ3) is 2.85. The monoisotopic (exact) mass is 310 g/mol. The molecular formula is C12H11FN4O5. The van der Waals surface area contributed by atoms with Gasteiger partial charge in [0.25, 0.3) is 0 Å². The molecule has 0 bridgehead atoms. The van der Waals surface area contributed by atoms with E-state index in [0.29, 0.717) is 0 Å². The molecule has 2 aromatic rings. The van der Waals surface area contributed by atoms with E-state index >= 15 is 0 Å². The molecule has 0 radical (unpaired) electrons. The molecule has 0 saturated heterocycles. The van der Waals surface area contributed by atoms with E-state index < -0.39 is 27.1 Å². The van der Waals surface area contributed by atoms with Crippen molar-refractivity contribution in [2.45, 2.75) is 20.1 Å². The van der Waals surface area contributed by atoms with Crippen LogP contribution >= 0.6 is 0 Å². The number of ether oxygens (including phenoxy) is 1. The first-order chi connectivity index (χ1) is 10.5. The van der Waals surface area contributed by atoms with E-state index in [1.807, 2.05) is 0 Å². The summed E-state index contributed by atoms with van der Waals surface area (Å²) in [6, 6.07) is 3.32. The van der Waals surface area contributed by atoms with Gasteiger partial charge < -0.3 is 14.9 Å². The van der Waals surface area contributed by atoms with Gasteiger partial charge in [-0.2, -0.15) is 0 Å². The maximum Gasteiger partial charge on any atom is 0.342 e. The Balaban J connectivity index is 2.28. The fraction of sp³-hybridized carbons (Fsp3) is 0.250. The zero-order chi connectivity index (χ0) is 16.3. The zero-order valence-corrected chi connectivity index (χ0v) is 11.4. The Kier molecular flexibility index (Phi) is 4.30. The maximum absolute atomic E-state index is 13.7. The van der Waals surface area contributed by atoms with Crippen LogP contribution in [0.2, 0.25) is 0 Å². The molecule has 22 heavy (non-hydrogen) atoms. The van der Waals surface area contributed by atoms with Crippen LogP contribution in [-0.4, -0.2) is 19.4 Å². The minimum atomic E-state index is -0.890. The van der Waals surface area contributed by atoms with Crippen LogP contribution < -0.4 is 4.74 Å². The molecule has 2 rings (SSSR count). The molecule has 1 heterocycles. The summed E-state index contributed by atoms with van der Waals surface area (Å²) in [6.07, 6.45) is 1.05. The molecule has 0 aliphatic heterocycles. The van der Waals surface area contributed by atoms with E-state index in [1.54, 1.807) is 6.92 Å². The van der Waals surface area contributed by atoms with Crippen molar-refractivity contribution in [3.05, 3.63) is 56.3 Å². The zero-order valence-electron chi connectivity index (χ0n) is 11.4. The summed E-state index contributed by atoms with van der Waals surface area (Å²) in [5, 5.41) is 21.7. The average molecular weight is 310 g/mol. The Morgan fingerprint density at radius 1 is 1.32 bits per heavy atom. The third-order valence-electron chi connectivity index (χ3n) is 2.91. The van der Waals surface area contributed by atoms with E-state index in [2.05, 4.69) is 4.98 Å². The smallest absolute Gasteiger partial charge is 0.342 e. The molecule has 0 aliphatic carbocycles. The molecule has 0 fully saturated rings. The highest BCUT2D eigenvalue weighted by Crippen LogP contribution is 2.30. The Bertz CT molecular complexity index is 730. The molecule has 10 heteroatoms. The lowest BCUT2D eigenvalue weighted by molar-refractivity contribution is -0.392. The Morgan fingerprint density at radius 3 is 2.64 bits per heavy atom. The summed E-state index contributed by atoms with van der Waals surface area (Å²) in [5.74, 6) is -1.48. The lowest BCUT2D eigenvalue weighted by Gasteiger charge is -2.07. The van der Waals surface area contributed by atoms with Crippen molar-refractivity contribution in [1.29, 1.82) is 0 Å². The van der Waals surface area contributed by atoms with Gasteiger partial charge in [0.2, 0.25) is 11.6 Å². The summed E-state index contributed by atoms with van der Waals surface area (Å²) in [4.78, 5) is 24.1. The van der Waals surface area contributed by atoms with Gasteiger partial charge in [0.15, 0.2) is 12.4 Å². The SMILES string of the molecule is CCn1c([N+](=O)[O-])cnc1COc1c(F)cccc1[N+](=O)[O-]. The first-order valence-corrected chi connectivity index (χ1v) is 6.20. The van der Waals surface area contributed by atoms with Gasteiger partial charge in [-0.1, -0.05) is 6.07 Å². The molecule has 0 saturated carbocycles. The van der Waals surface area contributed by atoms with Crippen molar-refractivity contribution in [1.82, 2.24) is 9.55 Å². The summed E-state index contributed by atoms with van der Waals surface area (Å²) in [6.45, 7) is 1.60. The third-order valence-corrected chi connectivity index (χ3v) is 2.91. The number of benzene rings is 1. The first kappa shape index (κ1) is 15.4. The molecule has 116 valence electrons. The molecule has 0 aliphatic rings. The molecule has 1 aromatic heterocycles. The highest BCUT2D eigenvalue weighted by Gasteiger charge is 2.23. The first-order valence-electron chi connectivity index (χ1n) is 6.20. The Labute approximate surface area is 123 Å².